The third-order valence-electron chi connectivity index (χ3n) is 2.59. The molecule has 3 aromatic rings. The van der Waals surface area contributed by atoms with Gasteiger partial charge in [-0.15, -0.1) is 0 Å². The summed E-state index contributed by atoms with van der Waals surface area (Å²) in [5, 5.41) is 2.28. The van der Waals surface area contributed by atoms with Crippen molar-refractivity contribution in [1.82, 2.24) is 9.97 Å². The van der Waals surface area contributed by atoms with Gasteiger partial charge in [0.05, 0.1) is 11.0 Å². The molecule has 8 heteroatoms. The van der Waals surface area contributed by atoms with Gasteiger partial charge in [0.2, 0.25) is 0 Å². The highest BCUT2D eigenvalue weighted by Gasteiger charge is 2.16. The van der Waals surface area contributed by atoms with E-state index >= 15 is 0 Å². The Labute approximate surface area is 125 Å². The fraction of sp³-hybridized carbons (Fsp3) is 0.0714. The van der Waals surface area contributed by atoms with E-state index in [0.29, 0.717) is 0 Å². The van der Waals surface area contributed by atoms with Crippen molar-refractivity contribution in [2.75, 3.05) is 0 Å². The summed E-state index contributed by atoms with van der Waals surface area (Å²) in [5.41, 5.74) is 1.95. The first-order valence-corrected chi connectivity index (χ1v) is 7.74. The largest absolute Gasteiger partial charge is 0.526 e. The van der Waals surface area contributed by atoms with Gasteiger partial charge in [0.15, 0.2) is 0 Å². The monoisotopic (exact) mass is 320 g/mol. The molecule has 114 valence electrons. The topological polar surface area (TPSA) is 110 Å². The molecule has 2 heterocycles. The van der Waals surface area contributed by atoms with Crippen molar-refractivity contribution in [3.8, 4) is 0 Å². The SMILES string of the molecule is CC(=O)OP(=O)(O)O.c1cnc2c(c1)ccc1cccnc12. The van der Waals surface area contributed by atoms with Crippen LogP contribution >= 0.6 is 7.82 Å². The van der Waals surface area contributed by atoms with Gasteiger partial charge in [0, 0.05) is 30.1 Å². The van der Waals surface area contributed by atoms with E-state index in [1.54, 1.807) is 12.4 Å². The number of nitrogens with zero attached hydrogens (tertiary/aromatic N) is 2. The zero-order valence-electron chi connectivity index (χ0n) is 11.6. The number of fused-ring (bicyclic) bond motifs is 3. The van der Waals surface area contributed by atoms with Crippen LogP contribution in [0.25, 0.3) is 21.8 Å². The molecule has 0 fully saturated rings. The van der Waals surface area contributed by atoms with Crippen LogP contribution < -0.4 is 0 Å². The Kier molecular flexibility index (Phi) is 4.82. The Morgan fingerprint density at radius 2 is 1.45 bits per heavy atom. The highest BCUT2D eigenvalue weighted by Crippen LogP contribution is 2.35. The Bertz CT molecular complexity index is 807. The van der Waals surface area contributed by atoms with Crippen molar-refractivity contribution in [3.63, 3.8) is 0 Å². The van der Waals surface area contributed by atoms with Crippen molar-refractivity contribution in [3.05, 3.63) is 48.8 Å². The molecule has 0 amide bonds. The van der Waals surface area contributed by atoms with Crippen molar-refractivity contribution in [2.24, 2.45) is 0 Å². The highest BCUT2D eigenvalue weighted by atomic mass is 31.2. The number of pyridine rings is 2. The first kappa shape index (κ1) is 16.0. The van der Waals surface area contributed by atoms with E-state index in [4.69, 9.17) is 9.79 Å². The molecule has 0 aliphatic rings. The lowest BCUT2D eigenvalue weighted by atomic mass is 10.1. The van der Waals surface area contributed by atoms with Crippen molar-refractivity contribution >= 4 is 35.6 Å². The number of carbonyl (C=O) groups excluding carboxylic acids is 1. The van der Waals surface area contributed by atoms with Crippen molar-refractivity contribution < 1.29 is 23.7 Å². The second-order valence-electron chi connectivity index (χ2n) is 4.29. The molecular weight excluding hydrogens is 307 g/mol. The summed E-state index contributed by atoms with van der Waals surface area (Å²) in [6.07, 6.45) is 3.60. The van der Waals surface area contributed by atoms with Crippen LogP contribution in [0.2, 0.25) is 0 Å². The molecule has 0 atom stereocenters. The molecule has 22 heavy (non-hydrogen) atoms. The van der Waals surface area contributed by atoms with Gasteiger partial charge in [-0.2, -0.15) is 0 Å². The van der Waals surface area contributed by atoms with Crippen LogP contribution in [0.15, 0.2) is 48.8 Å². The normalized spacial score (nSPS) is 10.9. The predicted octanol–water partition coefficient (Wildman–Crippen LogP) is 2.43. The van der Waals surface area contributed by atoms with Gasteiger partial charge in [0.25, 0.3) is 0 Å². The van der Waals surface area contributed by atoms with Crippen LogP contribution in [0.1, 0.15) is 6.92 Å². The average Bonchev–Trinajstić information content (AvgIpc) is 2.45. The van der Waals surface area contributed by atoms with E-state index in [9.17, 15) is 9.36 Å². The van der Waals surface area contributed by atoms with Gasteiger partial charge in [-0.1, -0.05) is 24.3 Å². The summed E-state index contributed by atoms with van der Waals surface area (Å²) in [5.74, 6) is -0.988. The van der Waals surface area contributed by atoms with Crippen LogP contribution in [0.3, 0.4) is 0 Å². The summed E-state index contributed by atoms with van der Waals surface area (Å²) in [4.78, 5) is 34.2. The molecular formula is C14H13N2O5P. The van der Waals surface area contributed by atoms with E-state index in [1.807, 2.05) is 12.1 Å². The van der Waals surface area contributed by atoms with Crippen molar-refractivity contribution in [1.29, 1.82) is 0 Å². The summed E-state index contributed by atoms with van der Waals surface area (Å²) >= 11 is 0. The quantitative estimate of drug-likeness (QED) is 0.523. The molecule has 0 saturated heterocycles. The minimum atomic E-state index is -4.57. The van der Waals surface area contributed by atoms with E-state index in [1.165, 1.54) is 0 Å². The number of hydrogen-bond acceptors (Lipinski definition) is 5. The van der Waals surface area contributed by atoms with E-state index in [-0.39, 0.29) is 0 Å². The lowest BCUT2D eigenvalue weighted by Crippen LogP contribution is -1.94. The smallest absolute Gasteiger partial charge is 0.371 e. The van der Waals surface area contributed by atoms with E-state index < -0.39 is 13.8 Å². The molecule has 0 radical (unpaired) electrons. The first-order chi connectivity index (χ1) is 10.4. The Morgan fingerprint density at radius 1 is 1.00 bits per heavy atom. The van der Waals surface area contributed by atoms with Crippen LogP contribution in [0.5, 0.6) is 0 Å². The molecule has 2 aromatic heterocycles. The molecule has 0 spiro atoms. The zero-order chi connectivity index (χ0) is 16.2. The average molecular weight is 320 g/mol. The van der Waals surface area contributed by atoms with Crippen LogP contribution in [0, 0.1) is 0 Å². The fourth-order valence-electron chi connectivity index (χ4n) is 1.85. The number of rotatable bonds is 1. The maximum Gasteiger partial charge on any atom is 0.526 e. The molecule has 2 N–H and O–H groups in total. The van der Waals surface area contributed by atoms with Crippen LogP contribution in [-0.4, -0.2) is 25.7 Å². The number of phosphoric acid groups is 1. The van der Waals surface area contributed by atoms with Gasteiger partial charge >= 0.3 is 13.8 Å². The Balaban J connectivity index is 0.000000192. The minimum Gasteiger partial charge on any atom is -0.371 e. The van der Waals surface area contributed by atoms with Crippen molar-refractivity contribution in [2.45, 2.75) is 6.92 Å². The predicted molar refractivity (Wildman–Crippen MR) is 80.9 cm³/mol. The lowest BCUT2D eigenvalue weighted by Gasteiger charge is -2.00. The molecule has 1 aromatic carbocycles. The molecule has 3 rings (SSSR count). The Hall–Kier alpha value is -2.34. The number of carbonyl (C=O) groups is 1. The van der Waals surface area contributed by atoms with Gasteiger partial charge in [-0.05, 0) is 12.1 Å². The van der Waals surface area contributed by atoms with Gasteiger partial charge < -0.3 is 4.52 Å². The minimum absolute atomic E-state index is 0.916. The molecule has 0 bridgehead atoms. The summed E-state index contributed by atoms with van der Waals surface area (Å²) < 4.78 is 13.2. The third kappa shape index (κ3) is 4.33. The number of phosphoric ester groups is 1. The molecule has 0 unspecified atom stereocenters. The number of aromatic nitrogens is 2. The maximum atomic E-state index is 9.74. The second kappa shape index (κ2) is 6.62. The fourth-order valence-corrected chi connectivity index (χ4v) is 2.18. The zero-order valence-corrected chi connectivity index (χ0v) is 12.5. The highest BCUT2D eigenvalue weighted by molar-refractivity contribution is 7.46. The Morgan fingerprint density at radius 3 is 1.77 bits per heavy atom. The first-order valence-electron chi connectivity index (χ1n) is 6.21. The van der Waals surface area contributed by atoms with E-state index in [0.717, 1.165) is 28.7 Å². The van der Waals surface area contributed by atoms with Crippen LogP contribution in [0.4, 0.5) is 0 Å². The van der Waals surface area contributed by atoms with Gasteiger partial charge in [-0.3, -0.25) is 24.5 Å². The standard InChI is InChI=1S/C12H8N2.C2H5O5P/c1-3-9-5-6-10-4-2-8-14-12(10)11(9)13-7-1;1-2(3)7-8(4,5)6/h1-8H;1H3,(H2,4,5,6). The summed E-state index contributed by atoms with van der Waals surface area (Å²) in [7, 11) is -4.57. The lowest BCUT2D eigenvalue weighted by molar-refractivity contribution is -0.133. The third-order valence-corrected chi connectivity index (χ3v) is 3.09. The number of benzene rings is 1. The molecule has 7 nitrogen and oxygen atoms in total. The summed E-state index contributed by atoms with van der Waals surface area (Å²) in [6.45, 7) is 0.916. The molecule has 0 aliphatic heterocycles. The number of hydrogen-bond donors (Lipinski definition) is 2. The molecule has 0 saturated carbocycles. The van der Waals surface area contributed by atoms with Crippen LogP contribution in [-0.2, 0) is 13.9 Å². The van der Waals surface area contributed by atoms with Gasteiger partial charge in [-0.25, -0.2) is 4.57 Å². The second-order valence-corrected chi connectivity index (χ2v) is 5.45. The summed E-state index contributed by atoms with van der Waals surface area (Å²) in [6, 6.07) is 12.1. The molecule has 0 aliphatic carbocycles. The van der Waals surface area contributed by atoms with E-state index in [2.05, 4.69) is 38.8 Å². The van der Waals surface area contributed by atoms with Gasteiger partial charge in [0.1, 0.15) is 0 Å². The maximum absolute atomic E-state index is 9.74.